The summed E-state index contributed by atoms with van der Waals surface area (Å²) in [5.74, 6) is 0. The minimum absolute atomic E-state index is 0.183. The first-order valence-electron chi connectivity index (χ1n) is 5.74. The van der Waals surface area contributed by atoms with E-state index in [4.69, 9.17) is 5.73 Å². The van der Waals surface area contributed by atoms with E-state index in [9.17, 15) is 0 Å². The average molecular weight is 205 g/mol. The summed E-state index contributed by atoms with van der Waals surface area (Å²) in [7, 11) is 0. The first-order chi connectivity index (χ1) is 6.91. The molecule has 0 fully saturated rings. The van der Waals surface area contributed by atoms with Gasteiger partial charge >= 0.3 is 0 Å². The highest BCUT2D eigenvalue weighted by Crippen LogP contribution is 2.30. The molecule has 1 aromatic carbocycles. The molecule has 1 heteroatoms. The molecular weight excluding hydrogens is 182 g/mol. The van der Waals surface area contributed by atoms with Crippen LogP contribution in [0.5, 0.6) is 0 Å². The van der Waals surface area contributed by atoms with Gasteiger partial charge < -0.3 is 5.73 Å². The normalized spacial score (nSPS) is 13.0. The molecule has 0 radical (unpaired) electrons. The van der Waals surface area contributed by atoms with Gasteiger partial charge in [0.25, 0.3) is 0 Å². The lowest BCUT2D eigenvalue weighted by atomic mass is 9.86. The van der Waals surface area contributed by atoms with Crippen molar-refractivity contribution < 1.29 is 0 Å². The zero-order chi connectivity index (χ0) is 11.7. The van der Waals surface area contributed by atoms with Crippen molar-refractivity contribution >= 4 is 0 Å². The van der Waals surface area contributed by atoms with E-state index < -0.39 is 0 Å². The molecule has 0 aliphatic carbocycles. The van der Waals surface area contributed by atoms with E-state index in [1.807, 2.05) is 0 Å². The molecule has 15 heavy (non-hydrogen) atoms. The van der Waals surface area contributed by atoms with E-state index in [0.29, 0.717) is 0 Å². The van der Waals surface area contributed by atoms with Gasteiger partial charge in [0.2, 0.25) is 0 Å². The maximum Gasteiger partial charge on any atom is 0.0297 e. The predicted molar refractivity (Wildman–Crippen MR) is 67.3 cm³/mol. The lowest BCUT2D eigenvalue weighted by molar-refractivity contribution is 0.686. The van der Waals surface area contributed by atoms with Gasteiger partial charge in [0.1, 0.15) is 0 Å². The van der Waals surface area contributed by atoms with Crippen molar-refractivity contribution in [1.82, 2.24) is 0 Å². The van der Waals surface area contributed by atoms with Crippen LogP contribution in [-0.4, -0.2) is 0 Å². The van der Waals surface area contributed by atoms with Gasteiger partial charge in [0, 0.05) is 6.04 Å². The van der Waals surface area contributed by atoms with Gasteiger partial charge in [-0.1, -0.05) is 6.92 Å². The smallest absolute Gasteiger partial charge is 0.0297 e. The first kappa shape index (κ1) is 12.3. The van der Waals surface area contributed by atoms with Crippen LogP contribution in [0.3, 0.4) is 0 Å². The molecule has 0 unspecified atom stereocenters. The fourth-order valence-electron chi connectivity index (χ4n) is 2.29. The van der Waals surface area contributed by atoms with Gasteiger partial charge in [-0.25, -0.2) is 0 Å². The van der Waals surface area contributed by atoms with Crippen molar-refractivity contribution in [2.75, 3.05) is 0 Å². The van der Waals surface area contributed by atoms with Crippen molar-refractivity contribution in [1.29, 1.82) is 0 Å². The Morgan fingerprint density at radius 1 is 0.800 bits per heavy atom. The molecule has 0 saturated carbocycles. The molecule has 1 aromatic rings. The predicted octanol–water partition coefficient (Wildman–Crippen LogP) is 3.64. The molecule has 0 heterocycles. The highest BCUT2D eigenvalue weighted by atomic mass is 14.6. The molecule has 0 amide bonds. The second-order valence-electron chi connectivity index (χ2n) is 4.55. The van der Waals surface area contributed by atoms with E-state index in [-0.39, 0.29) is 6.04 Å². The van der Waals surface area contributed by atoms with Gasteiger partial charge in [-0.3, -0.25) is 0 Å². The molecule has 0 bridgehead atoms. The summed E-state index contributed by atoms with van der Waals surface area (Å²) in [5.41, 5.74) is 14.5. The molecule has 2 N–H and O–H groups in total. The summed E-state index contributed by atoms with van der Waals surface area (Å²) in [6, 6.07) is 0.183. The topological polar surface area (TPSA) is 26.0 Å². The van der Waals surface area contributed by atoms with Crippen molar-refractivity contribution in [3.05, 3.63) is 33.4 Å². The Kier molecular flexibility index (Phi) is 3.56. The van der Waals surface area contributed by atoms with E-state index in [0.717, 1.165) is 6.42 Å². The largest absolute Gasteiger partial charge is 0.324 e. The minimum atomic E-state index is 0.183. The van der Waals surface area contributed by atoms with Crippen LogP contribution in [0.15, 0.2) is 0 Å². The maximum atomic E-state index is 6.18. The van der Waals surface area contributed by atoms with Crippen LogP contribution in [-0.2, 0) is 0 Å². The fraction of sp³-hybridized carbons (Fsp3) is 0.571. The molecular formula is C14H23N. The minimum Gasteiger partial charge on any atom is -0.324 e. The second-order valence-corrected chi connectivity index (χ2v) is 4.55. The summed E-state index contributed by atoms with van der Waals surface area (Å²) in [6.45, 7) is 13.1. The highest BCUT2D eigenvalue weighted by Gasteiger charge is 2.15. The quantitative estimate of drug-likeness (QED) is 0.783. The molecule has 1 nitrogen and oxygen atoms in total. The number of hydrogen-bond donors (Lipinski definition) is 1. The van der Waals surface area contributed by atoms with Gasteiger partial charge in [-0.15, -0.1) is 0 Å². The molecule has 84 valence electrons. The highest BCUT2D eigenvalue weighted by molar-refractivity contribution is 5.50. The average Bonchev–Trinajstić information content (AvgIpc) is 2.23. The molecule has 1 rings (SSSR count). The summed E-state index contributed by atoms with van der Waals surface area (Å²) in [6.07, 6.45) is 1.00. The standard InChI is InChI=1S/C14H23N/c1-7-13(15)14-11(5)9(3)8(2)10(4)12(14)6/h13H,7,15H2,1-6H3/t13-/m1/s1. The zero-order valence-electron chi connectivity index (χ0n) is 10.9. The van der Waals surface area contributed by atoms with E-state index in [2.05, 4.69) is 41.5 Å². The second kappa shape index (κ2) is 4.36. The monoisotopic (exact) mass is 205 g/mol. The van der Waals surface area contributed by atoms with E-state index >= 15 is 0 Å². The molecule has 1 atom stereocenters. The molecule has 0 spiro atoms. The summed E-state index contributed by atoms with van der Waals surface area (Å²) in [5, 5.41) is 0. The Morgan fingerprint density at radius 2 is 1.13 bits per heavy atom. The Hall–Kier alpha value is -0.820. The van der Waals surface area contributed by atoms with Crippen molar-refractivity contribution in [3.8, 4) is 0 Å². The van der Waals surface area contributed by atoms with Gasteiger partial charge in [0.05, 0.1) is 0 Å². The zero-order valence-corrected chi connectivity index (χ0v) is 10.9. The number of hydrogen-bond acceptors (Lipinski definition) is 1. The van der Waals surface area contributed by atoms with Gasteiger partial charge in [0.15, 0.2) is 0 Å². The Balaban J connectivity index is 3.52. The summed E-state index contributed by atoms with van der Waals surface area (Å²) >= 11 is 0. The van der Waals surface area contributed by atoms with E-state index in [1.54, 1.807) is 0 Å². The summed E-state index contributed by atoms with van der Waals surface area (Å²) < 4.78 is 0. The molecule has 0 saturated heterocycles. The van der Waals surface area contributed by atoms with Gasteiger partial charge in [-0.05, 0) is 74.4 Å². The van der Waals surface area contributed by atoms with E-state index in [1.165, 1.54) is 33.4 Å². The fourth-order valence-corrected chi connectivity index (χ4v) is 2.29. The van der Waals surface area contributed by atoms with Crippen LogP contribution < -0.4 is 5.73 Å². The van der Waals surface area contributed by atoms with Gasteiger partial charge in [-0.2, -0.15) is 0 Å². The van der Waals surface area contributed by atoms with Crippen LogP contribution >= 0.6 is 0 Å². The summed E-state index contributed by atoms with van der Waals surface area (Å²) in [4.78, 5) is 0. The number of rotatable bonds is 2. The third kappa shape index (κ3) is 1.93. The SMILES string of the molecule is CC[C@@H](N)c1c(C)c(C)c(C)c(C)c1C. The molecule has 0 aromatic heterocycles. The third-order valence-electron chi connectivity index (χ3n) is 3.87. The number of nitrogens with two attached hydrogens (primary N) is 1. The lowest BCUT2D eigenvalue weighted by Crippen LogP contribution is -2.14. The lowest BCUT2D eigenvalue weighted by Gasteiger charge is -2.22. The number of benzene rings is 1. The van der Waals surface area contributed by atoms with Crippen LogP contribution in [0, 0.1) is 34.6 Å². The molecule has 0 aliphatic rings. The van der Waals surface area contributed by atoms with Crippen LogP contribution in [0.1, 0.15) is 52.8 Å². The van der Waals surface area contributed by atoms with Crippen LogP contribution in [0.25, 0.3) is 0 Å². The van der Waals surface area contributed by atoms with Crippen molar-refractivity contribution in [3.63, 3.8) is 0 Å². The van der Waals surface area contributed by atoms with Crippen molar-refractivity contribution in [2.24, 2.45) is 5.73 Å². The Bertz CT molecular complexity index is 348. The Labute approximate surface area is 93.7 Å². The Morgan fingerprint density at radius 3 is 1.47 bits per heavy atom. The van der Waals surface area contributed by atoms with Crippen LogP contribution in [0.2, 0.25) is 0 Å². The maximum absolute atomic E-state index is 6.18. The van der Waals surface area contributed by atoms with Crippen molar-refractivity contribution in [2.45, 2.75) is 54.0 Å². The third-order valence-corrected chi connectivity index (χ3v) is 3.87. The van der Waals surface area contributed by atoms with Crippen LogP contribution in [0.4, 0.5) is 0 Å². The first-order valence-corrected chi connectivity index (χ1v) is 5.74. The molecule has 0 aliphatic heterocycles.